The summed E-state index contributed by atoms with van der Waals surface area (Å²) < 4.78 is 5.57. The first-order chi connectivity index (χ1) is 16.1. The van der Waals surface area contributed by atoms with Crippen molar-refractivity contribution in [2.24, 2.45) is 0 Å². The lowest BCUT2D eigenvalue weighted by Crippen LogP contribution is -2.47. The van der Waals surface area contributed by atoms with Gasteiger partial charge >= 0.3 is 0 Å². The fourth-order valence-corrected chi connectivity index (χ4v) is 5.09. The van der Waals surface area contributed by atoms with Crippen LogP contribution < -0.4 is 15.0 Å². The molecule has 0 saturated heterocycles. The summed E-state index contributed by atoms with van der Waals surface area (Å²) in [6.07, 6.45) is 7.48. The number of ether oxygens (including phenoxy) is 1. The van der Waals surface area contributed by atoms with Crippen LogP contribution in [0.15, 0.2) is 60.2 Å². The molecule has 1 fully saturated rings. The van der Waals surface area contributed by atoms with Crippen molar-refractivity contribution in [3.05, 3.63) is 75.7 Å². The molecule has 0 aliphatic heterocycles. The summed E-state index contributed by atoms with van der Waals surface area (Å²) in [5.41, 5.74) is 1.12. The molecule has 1 saturated carbocycles. The van der Waals surface area contributed by atoms with Crippen LogP contribution >= 0.6 is 22.9 Å². The molecular formula is C25H26ClN3O3S. The van der Waals surface area contributed by atoms with Gasteiger partial charge in [-0.3, -0.25) is 19.5 Å². The molecule has 1 atom stereocenters. The molecule has 1 aromatic carbocycles. The second kappa shape index (κ2) is 10.8. The highest BCUT2D eigenvalue weighted by Crippen LogP contribution is 2.37. The summed E-state index contributed by atoms with van der Waals surface area (Å²) in [5.74, 6) is 0.0164. The first kappa shape index (κ1) is 23.3. The van der Waals surface area contributed by atoms with Gasteiger partial charge in [0, 0.05) is 28.3 Å². The summed E-state index contributed by atoms with van der Waals surface area (Å²) in [5, 5.41) is 5.55. The molecule has 8 heteroatoms. The van der Waals surface area contributed by atoms with E-state index in [0.29, 0.717) is 22.0 Å². The van der Waals surface area contributed by atoms with Crippen molar-refractivity contribution in [3.63, 3.8) is 0 Å². The average molecular weight is 484 g/mol. The molecule has 6 nitrogen and oxygen atoms in total. The van der Waals surface area contributed by atoms with E-state index in [1.54, 1.807) is 42.7 Å². The summed E-state index contributed by atoms with van der Waals surface area (Å²) >= 11 is 7.83. The minimum absolute atomic E-state index is 0.109. The first-order valence-corrected chi connectivity index (χ1v) is 12.2. The van der Waals surface area contributed by atoms with Gasteiger partial charge in [0.2, 0.25) is 11.8 Å². The molecule has 4 rings (SSSR count). The first-order valence-electron chi connectivity index (χ1n) is 10.9. The van der Waals surface area contributed by atoms with Gasteiger partial charge in [0.1, 0.15) is 11.8 Å². The summed E-state index contributed by atoms with van der Waals surface area (Å²) in [6, 6.07) is 11.6. The van der Waals surface area contributed by atoms with Gasteiger partial charge < -0.3 is 10.1 Å². The minimum atomic E-state index is -0.895. The second-order valence-electron chi connectivity index (χ2n) is 8.01. The molecule has 0 spiro atoms. The van der Waals surface area contributed by atoms with E-state index < -0.39 is 6.04 Å². The van der Waals surface area contributed by atoms with Crippen LogP contribution in [0.1, 0.15) is 42.2 Å². The maximum Gasteiger partial charge on any atom is 0.248 e. The van der Waals surface area contributed by atoms with Crippen LogP contribution in [0, 0.1) is 0 Å². The van der Waals surface area contributed by atoms with Crippen molar-refractivity contribution in [2.75, 3.05) is 12.0 Å². The quantitative estimate of drug-likeness (QED) is 0.479. The lowest BCUT2D eigenvalue weighted by atomic mass is 10.0. The Morgan fingerprint density at radius 2 is 1.97 bits per heavy atom. The number of nitrogens with one attached hydrogen (secondary N) is 1. The highest BCUT2D eigenvalue weighted by atomic mass is 35.5. The third-order valence-electron chi connectivity index (χ3n) is 5.80. The number of carbonyl (C=O) groups excluding carboxylic acids is 2. The van der Waals surface area contributed by atoms with Crippen LogP contribution in [0.3, 0.4) is 0 Å². The van der Waals surface area contributed by atoms with Crippen LogP contribution in [0.25, 0.3) is 0 Å². The van der Waals surface area contributed by atoms with Gasteiger partial charge in [-0.05, 0) is 60.2 Å². The van der Waals surface area contributed by atoms with Crippen molar-refractivity contribution < 1.29 is 14.3 Å². The van der Waals surface area contributed by atoms with Crippen molar-refractivity contribution in [1.29, 1.82) is 0 Å². The van der Waals surface area contributed by atoms with Crippen molar-refractivity contribution >= 4 is 40.4 Å². The fraction of sp³-hybridized carbons (Fsp3) is 0.320. The van der Waals surface area contributed by atoms with E-state index >= 15 is 0 Å². The third kappa shape index (κ3) is 5.54. The Hall–Kier alpha value is -2.90. The Labute approximate surface area is 202 Å². The average Bonchev–Trinajstić information content (AvgIpc) is 3.52. The predicted molar refractivity (Wildman–Crippen MR) is 131 cm³/mol. The Balaban J connectivity index is 1.80. The molecule has 0 radical (unpaired) electrons. The maximum atomic E-state index is 13.8. The molecular weight excluding hydrogens is 458 g/mol. The van der Waals surface area contributed by atoms with Crippen LogP contribution in [-0.2, 0) is 16.0 Å². The zero-order valence-electron chi connectivity index (χ0n) is 18.4. The number of pyridine rings is 1. The summed E-state index contributed by atoms with van der Waals surface area (Å²) in [7, 11) is 1.54. The van der Waals surface area contributed by atoms with Gasteiger partial charge in [0.25, 0.3) is 0 Å². The van der Waals surface area contributed by atoms with Crippen LogP contribution in [0.4, 0.5) is 5.69 Å². The van der Waals surface area contributed by atoms with E-state index in [0.717, 1.165) is 30.6 Å². The van der Waals surface area contributed by atoms with E-state index in [4.69, 9.17) is 16.3 Å². The molecule has 2 aromatic heterocycles. The van der Waals surface area contributed by atoms with Crippen LogP contribution in [-0.4, -0.2) is 29.9 Å². The zero-order valence-corrected chi connectivity index (χ0v) is 19.9. The number of hydrogen-bond acceptors (Lipinski definition) is 5. The molecule has 2 amide bonds. The molecule has 2 heterocycles. The van der Waals surface area contributed by atoms with Gasteiger partial charge in [-0.15, -0.1) is 11.3 Å². The molecule has 172 valence electrons. The van der Waals surface area contributed by atoms with E-state index in [2.05, 4.69) is 10.3 Å². The number of methoxy groups -OCH3 is 1. The minimum Gasteiger partial charge on any atom is -0.495 e. The Morgan fingerprint density at radius 1 is 1.21 bits per heavy atom. The number of hydrogen-bond donors (Lipinski definition) is 1. The van der Waals surface area contributed by atoms with Gasteiger partial charge in [-0.25, -0.2) is 0 Å². The van der Waals surface area contributed by atoms with Gasteiger partial charge in [0.15, 0.2) is 0 Å². The van der Waals surface area contributed by atoms with Gasteiger partial charge in [0.05, 0.1) is 19.2 Å². The standard InChI is InChI=1S/C25H26ClN3O3S/c1-32-22-9-8-18(26)15-21(22)29(23(30)16-20-7-4-14-33-20)24(17-10-12-27-13-11-17)25(31)28-19-5-2-3-6-19/h4,7-15,19,24H,2-3,5-6,16H2,1H3,(H,28,31). The number of benzene rings is 1. The number of thiophene rings is 1. The van der Waals surface area contributed by atoms with Crippen molar-refractivity contribution in [2.45, 2.75) is 44.2 Å². The fourth-order valence-electron chi connectivity index (χ4n) is 4.23. The smallest absolute Gasteiger partial charge is 0.248 e. The van der Waals surface area contributed by atoms with E-state index in [9.17, 15) is 9.59 Å². The maximum absolute atomic E-state index is 13.8. The highest BCUT2D eigenvalue weighted by molar-refractivity contribution is 7.10. The number of nitrogens with zero attached hydrogens (tertiary/aromatic N) is 2. The molecule has 1 aliphatic rings. The Morgan fingerprint density at radius 3 is 2.64 bits per heavy atom. The highest BCUT2D eigenvalue weighted by Gasteiger charge is 2.35. The monoisotopic (exact) mass is 483 g/mol. The van der Waals surface area contributed by atoms with Gasteiger partial charge in [-0.2, -0.15) is 0 Å². The van der Waals surface area contributed by atoms with E-state index in [1.807, 2.05) is 17.5 Å². The van der Waals surface area contributed by atoms with Gasteiger partial charge in [-0.1, -0.05) is 30.5 Å². The number of aromatic nitrogens is 1. The van der Waals surface area contributed by atoms with Crippen molar-refractivity contribution in [1.82, 2.24) is 10.3 Å². The molecule has 1 unspecified atom stereocenters. The Kier molecular flexibility index (Phi) is 7.62. The molecule has 1 aliphatic carbocycles. The zero-order chi connectivity index (χ0) is 23.2. The van der Waals surface area contributed by atoms with Crippen molar-refractivity contribution in [3.8, 4) is 5.75 Å². The number of amides is 2. The number of rotatable bonds is 8. The number of anilines is 1. The third-order valence-corrected chi connectivity index (χ3v) is 6.92. The normalized spacial score (nSPS) is 14.6. The lowest BCUT2D eigenvalue weighted by Gasteiger charge is -2.33. The molecule has 3 aromatic rings. The predicted octanol–water partition coefficient (Wildman–Crippen LogP) is 5.18. The van der Waals surface area contributed by atoms with Crippen LogP contribution in [0.5, 0.6) is 5.75 Å². The van der Waals surface area contributed by atoms with E-state index in [1.165, 1.54) is 23.3 Å². The number of halogens is 1. The molecule has 0 bridgehead atoms. The largest absolute Gasteiger partial charge is 0.495 e. The topological polar surface area (TPSA) is 71.5 Å². The van der Waals surface area contributed by atoms with Crippen LogP contribution in [0.2, 0.25) is 5.02 Å². The second-order valence-corrected chi connectivity index (χ2v) is 9.48. The lowest BCUT2D eigenvalue weighted by molar-refractivity contribution is -0.127. The molecule has 1 N–H and O–H groups in total. The SMILES string of the molecule is COc1ccc(Cl)cc1N(C(=O)Cc1cccs1)C(C(=O)NC1CCCC1)c1ccncc1. The number of carbonyl (C=O) groups is 2. The summed E-state index contributed by atoms with van der Waals surface area (Å²) in [4.78, 5) is 34.0. The Bertz CT molecular complexity index is 1090. The van der Waals surface area contributed by atoms with E-state index in [-0.39, 0.29) is 24.3 Å². The molecule has 33 heavy (non-hydrogen) atoms. The summed E-state index contributed by atoms with van der Waals surface area (Å²) in [6.45, 7) is 0.